The van der Waals surface area contributed by atoms with E-state index < -0.39 is 11.9 Å². The highest BCUT2D eigenvalue weighted by atomic mass is 16.4. The highest BCUT2D eigenvalue weighted by molar-refractivity contribution is 6.04. The Kier molecular flexibility index (Phi) is 4.36. The third kappa shape index (κ3) is 3.70. The zero-order valence-corrected chi connectivity index (χ0v) is 11.1. The molecular formula is C16H14N2O3. The molecule has 0 aromatic heterocycles. The fourth-order valence-corrected chi connectivity index (χ4v) is 1.89. The Morgan fingerprint density at radius 1 is 0.952 bits per heavy atom. The van der Waals surface area contributed by atoms with E-state index >= 15 is 0 Å². The van der Waals surface area contributed by atoms with Gasteiger partial charge in [0.15, 0.2) is 0 Å². The van der Waals surface area contributed by atoms with Crippen molar-refractivity contribution < 1.29 is 14.7 Å². The molecule has 2 rings (SSSR count). The molecule has 5 heteroatoms. The van der Waals surface area contributed by atoms with Crippen molar-refractivity contribution >= 4 is 23.3 Å². The number of carboxylic acids is 1. The van der Waals surface area contributed by atoms with Gasteiger partial charge in [0, 0.05) is 34.7 Å². The van der Waals surface area contributed by atoms with Crippen molar-refractivity contribution in [1.29, 1.82) is 0 Å². The molecule has 5 nitrogen and oxygen atoms in total. The number of rotatable bonds is 4. The van der Waals surface area contributed by atoms with Gasteiger partial charge < -0.3 is 16.2 Å². The van der Waals surface area contributed by atoms with Crippen LogP contribution in [0.25, 0.3) is 11.1 Å². The van der Waals surface area contributed by atoms with Gasteiger partial charge in [0.2, 0.25) is 5.91 Å². The van der Waals surface area contributed by atoms with Gasteiger partial charge in [0.1, 0.15) is 0 Å². The second kappa shape index (κ2) is 6.38. The molecule has 0 spiro atoms. The first-order chi connectivity index (χ1) is 10.1. The molecule has 2 aromatic rings. The molecule has 0 aliphatic carbocycles. The number of nitrogens with one attached hydrogen (secondary N) is 1. The van der Waals surface area contributed by atoms with Gasteiger partial charge >= 0.3 is 5.97 Å². The molecule has 21 heavy (non-hydrogen) atoms. The summed E-state index contributed by atoms with van der Waals surface area (Å²) in [5, 5.41) is 11.2. The van der Waals surface area contributed by atoms with Crippen LogP contribution in [-0.2, 0) is 9.59 Å². The SMILES string of the molecule is Nc1ccccc1-c1ccccc1NC(=O)C=CC(=O)O. The van der Waals surface area contributed by atoms with E-state index in [0.717, 1.165) is 23.3 Å². The van der Waals surface area contributed by atoms with Crippen molar-refractivity contribution in [3.05, 3.63) is 60.7 Å². The maximum atomic E-state index is 11.7. The van der Waals surface area contributed by atoms with Crippen LogP contribution in [0.5, 0.6) is 0 Å². The zero-order valence-electron chi connectivity index (χ0n) is 11.1. The van der Waals surface area contributed by atoms with Crippen LogP contribution < -0.4 is 11.1 Å². The van der Waals surface area contributed by atoms with Crippen molar-refractivity contribution in [2.24, 2.45) is 0 Å². The van der Waals surface area contributed by atoms with Gasteiger partial charge in [-0.2, -0.15) is 0 Å². The summed E-state index contributed by atoms with van der Waals surface area (Å²) in [7, 11) is 0. The normalized spacial score (nSPS) is 10.5. The average molecular weight is 282 g/mol. The monoisotopic (exact) mass is 282 g/mol. The quantitative estimate of drug-likeness (QED) is 0.593. The number of benzene rings is 2. The molecule has 0 unspecified atom stereocenters. The van der Waals surface area contributed by atoms with Crippen molar-refractivity contribution in [3.63, 3.8) is 0 Å². The largest absolute Gasteiger partial charge is 0.478 e. The van der Waals surface area contributed by atoms with Crippen LogP contribution in [0.15, 0.2) is 60.7 Å². The minimum Gasteiger partial charge on any atom is -0.478 e. The number of hydrogen-bond acceptors (Lipinski definition) is 3. The van der Waals surface area contributed by atoms with Crippen molar-refractivity contribution in [3.8, 4) is 11.1 Å². The molecule has 0 radical (unpaired) electrons. The Hall–Kier alpha value is -3.08. The number of amides is 1. The third-order valence-corrected chi connectivity index (χ3v) is 2.81. The Labute approximate surface area is 121 Å². The summed E-state index contributed by atoms with van der Waals surface area (Å²) in [5.74, 6) is -1.69. The Bertz CT molecular complexity index is 708. The van der Waals surface area contributed by atoms with E-state index in [4.69, 9.17) is 10.8 Å². The number of anilines is 2. The maximum absolute atomic E-state index is 11.7. The molecule has 0 aliphatic heterocycles. The lowest BCUT2D eigenvalue weighted by atomic mass is 10.0. The lowest BCUT2D eigenvalue weighted by molar-refractivity contribution is -0.131. The van der Waals surface area contributed by atoms with Crippen LogP contribution in [0.3, 0.4) is 0 Å². The first-order valence-electron chi connectivity index (χ1n) is 6.24. The lowest BCUT2D eigenvalue weighted by Crippen LogP contribution is -2.09. The molecule has 0 saturated carbocycles. The van der Waals surface area contributed by atoms with Crippen LogP contribution in [0.4, 0.5) is 11.4 Å². The minimum atomic E-state index is -1.18. The lowest BCUT2D eigenvalue weighted by Gasteiger charge is -2.11. The van der Waals surface area contributed by atoms with E-state index in [0.29, 0.717) is 11.4 Å². The molecule has 0 aliphatic rings. The van der Waals surface area contributed by atoms with Gasteiger partial charge in [-0.05, 0) is 12.1 Å². The summed E-state index contributed by atoms with van der Waals surface area (Å²) in [6.07, 6.45) is 1.75. The molecule has 106 valence electrons. The zero-order chi connectivity index (χ0) is 15.2. The van der Waals surface area contributed by atoms with Crippen LogP contribution in [0.2, 0.25) is 0 Å². The number of hydrogen-bond donors (Lipinski definition) is 3. The second-order valence-corrected chi connectivity index (χ2v) is 4.29. The molecular weight excluding hydrogens is 268 g/mol. The smallest absolute Gasteiger partial charge is 0.328 e. The van der Waals surface area contributed by atoms with Gasteiger partial charge in [-0.15, -0.1) is 0 Å². The molecule has 0 fully saturated rings. The summed E-state index contributed by atoms with van der Waals surface area (Å²) in [4.78, 5) is 22.1. The molecule has 0 bridgehead atoms. The first-order valence-corrected chi connectivity index (χ1v) is 6.24. The molecule has 0 heterocycles. The summed E-state index contributed by atoms with van der Waals surface area (Å²) >= 11 is 0. The molecule has 1 amide bonds. The van der Waals surface area contributed by atoms with Crippen LogP contribution in [0.1, 0.15) is 0 Å². The highest BCUT2D eigenvalue weighted by Gasteiger charge is 2.08. The number of aliphatic carboxylic acids is 1. The van der Waals surface area contributed by atoms with Gasteiger partial charge in [-0.1, -0.05) is 36.4 Å². The van der Waals surface area contributed by atoms with E-state index in [9.17, 15) is 9.59 Å². The number of carbonyl (C=O) groups is 2. The Morgan fingerprint density at radius 2 is 1.57 bits per heavy atom. The van der Waals surface area contributed by atoms with Crippen molar-refractivity contribution in [2.75, 3.05) is 11.1 Å². The molecule has 0 saturated heterocycles. The van der Waals surface area contributed by atoms with Crippen LogP contribution in [-0.4, -0.2) is 17.0 Å². The van der Waals surface area contributed by atoms with Crippen LogP contribution in [0, 0.1) is 0 Å². The van der Waals surface area contributed by atoms with Crippen molar-refractivity contribution in [1.82, 2.24) is 0 Å². The minimum absolute atomic E-state index is 0.514. The Morgan fingerprint density at radius 3 is 2.24 bits per heavy atom. The summed E-state index contributed by atoms with van der Waals surface area (Å²) in [5.41, 5.74) is 8.68. The Balaban J connectivity index is 2.32. The molecule has 4 N–H and O–H groups in total. The third-order valence-electron chi connectivity index (χ3n) is 2.81. The van der Waals surface area contributed by atoms with Gasteiger partial charge in [0.05, 0.1) is 0 Å². The van der Waals surface area contributed by atoms with Gasteiger partial charge in [-0.3, -0.25) is 4.79 Å². The fraction of sp³-hybridized carbons (Fsp3) is 0. The van der Waals surface area contributed by atoms with E-state index in [1.807, 2.05) is 30.3 Å². The number of nitrogen functional groups attached to an aromatic ring is 1. The van der Waals surface area contributed by atoms with Gasteiger partial charge in [-0.25, -0.2) is 4.79 Å². The summed E-state index contributed by atoms with van der Waals surface area (Å²) < 4.78 is 0. The fourth-order valence-electron chi connectivity index (χ4n) is 1.89. The van der Waals surface area contributed by atoms with Crippen molar-refractivity contribution in [2.45, 2.75) is 0 Å². The molecule has 0 atom stereocenters. The standard InChI is InChI=1S/C16H14N2O3/c17-13-7-3-1-5-11(13)12-6-2-4-8-14(12)18-15(19)9-10-16(20)21/h1-10H,17H2,(H,18,19)(H,20,21). The number of nitrogens with two attached hydrogens (primary N) is 1. The van der Waals surface area contributed by atoms with E-state index in [2.05, 4.69) is 5.32 Å². The summed E-state index contributed by atoms with van der Waals surface area (Å²) in [6.45, 7) is 0. The topological polar surface area (TPSA) is 92.4 Å². The number of para-hydroxylation sites is 2. The maximum Gasteiger partial charge on any atom is 0.328 e. The highest BCUT2D eigenvalue weighted by Crippen LogP contribution is 2.31. The second-order valence-electron chi connectivity index (χ2n) is 4.29. The predicted octanol–water partition coefficient (Wildman–Crippen LogP) is 2.52. The van der Waals surface area contributed by atoms with E-state index in [1.54, 1.807) is 18.2 Å². The predicted molar refractivity (Wildman–Crippen MR) is 81.7 cm³/mol. The van der Waals surface area contributed by atoms with Gasteiger partial charge in [0.25, 0.3) is 0 Å². The van der Waals surface area contributed by atoms with Crippen LogP contribution >= 0.6 is 0 Å². The first kappa shape index (κ1) is 14.3. The number of carboxylic acid groups (broad SMARTS) is 1. The van der Waals surface area contributed by atoms with E-state index in [-0.39, 0.29) is 0 Å². The number of carbonyl (C=O) groups excluding carboxylic acids is 1. The summed E-state index contributed by atoms with van der Waals surface area (Å²) in [6, 6.07) is 14.5. The van der Waals surface area contributed by atoms with E-state index in [1.165, 1.54) is 0 Å². The average Bonchev–Trinajstić information content (AvgIpc) is 2.46. The molecule has 2 aromatic carbocycles.